The minimum atomic E-state index is 0.547. The number of ether oxygens (including phenoxy) is 2. The summed E-state index contributed by atoms with van der Waals surface area (Å²) in [6.07, 6.45) is 0.809. The third kappa shape index (κ3) is 4.23. The Labute approximate surface area is 129 Å². The van der Waals surface area contributed by atoms with Gasteiger partial charge in [0.25, 0.3) is 0 Å². The molecule has 2 rings (SSSR count). The average Bonchev–Trinajstić information content (AvgIpc) is 2.82. The standard InChI is InChI=1S/C15H19NO2S2/c1-11-4-3-5-12(8-11)18-7-6-15-16-13(9-17-2)14(10-19)20-15/h3-5,8,19H,6-7,9-10H2,1-2H3. The van der Waals surface area contributed by atoms with Crippen molar-refractivity contribution >= 4 is 24.0 Å². The number of methoxy groups -OCH3 is 1. The molecule has 1 aromatic heterocycles. The quantitative estimate of drug-likeness (QED) is 0.792. The van der Waals surface area contributed by atoms with E-state index in [0.717, 1.165) is 22.9 Å². The van der Waals surface area contributed by atoms with Gasteiger partial charge in [-0.3, -0.25) is 0 Å². The van der Waals surface area contributed by atoms with Gasteiger partial charge >= 0.3 is 0 Å². The van der Waals surface area contributed by atoms with Gasteiger partial charge < -0.3 is 9.47 Å². The van der Waals surface area contributed by atoms with E-state index in [1.54, 1.807) is 18.4 Å². The Kier molecular flexibility index (Phi) is 5.88. The average molecular weight is 309 g/mol. The summed E-state index contributed by atoms with van der Waals surface area (Å²) in [6, 6.07) is 8.08. The molecule has 0 fully saturated rings. The molecule has 108 valence electrons. The van der Waals surface area contributed by atoms with Crippen molar-refractivity contribution in [2.75, 3.05) is 13.7 Å². The fraction of sp³-hybridized carbons (Fsp3) is 0.400. The normalized spacial score (nSPS) is 10.8. The Hall–Kier alpha value is -1.04. The first-order valence-corrected chi connectivity index (χ1v) is 7.94. The highest BCUT2D eigenvalue weighted by Gasteiger charge is 2.09. The molecule has 0 unspecified atom stereocenters. The van der Waals surface area contributed by atoms with Crippen LogP contribution in [0.3, 0.4) is 0 Å². The van der Waals surface area contributed by atoms with Gasteiger partial charge in [-0.25, -0.2) is 4.98 Å². The molecule has 0 atom stereocenters. The summed E-state index contributed by atoms with van der Waals surface area (Å²) < 4.78 is 10.9. The smallest absolute Gasteiger partial charge is 0.119 e. The number of aryl methyl sites for hydroxylation is 1. The van der Waals surface area contributed by atoms with E-state index in [2.05, 4.69) is 30.6 Å². The minimum Gasteiger partial charge on any atom is -0.493 e. The molecule has 1 aromatic carbocycles. The van der Waals surface area contributed by atoms with Gasteiger partial charge in [-0.2, -0.15) is 12.6 Å². The van der Waals surface area contributed by atoms with Crippen molar-refractivity contribution in [1.29, 1.82) is 0 Å². The molecule has 0 aliphatic rings. The minimum absolute atomic E-state index is 0.547. The molecule has 0 N–H and O–H groups in total. The lowest BCUT2D eigenvalue weighted by Crippen LogP contribution is -2.01. The van der Waals surface area contributed by atoms with Crippen LogP contribution in [-0.4, -0.2) is 18.7 Å². The third-order valence-corrected chi connectivity index (χ3v) is 4.51. The second-order valence-electron chi connectivity index (χ2n) is 4.48. The van der Waals surface area contributed by atoms with Gasteiger partial charge in [-0.05, 0) is 24.6 Å². The second-order valence-corrected chi connectivity index (χ2v) is 5.97. The van der Waals surface area contributed by atoms with Crippen LogP contribution in [0.15, 0.2) is 24.3 Å². The number of nitrogens with zero attached hydrogens (tertiary/aromatic N) is 1. The largest absolute Gasteiger partial charge is 0.493 e. The van der Waals surface area contributed by atoms with Crippen molar-refractivity contribution in [3.05, 3.63) is 45.4 Å². The Morgan fingerprint density at radius 3 is 2.90 bits per heavy atom. The number of thiol groups is 1. The summed E-state index contributed by atoms with van der Waals surface area (Å²) in [6.45, 7) is 3.24. The van der Waals surface area contributed by atoms with Crippen molar-refractivity contribution in [1.82, 2.24) is 4.98 Å². The number of benzene rings is 1. The number of rotatable bonds is 7. The van der Waals surface area contributed by atoms with E-state index in [1.165, 1.54) is 10.4 Å². The number of hydrogen-bond donors (Lipinski definition) is 1. The molecule has 5 heteroatoms. The van der Waals surface area contributed by atoms with Gasteiger partial charge in [0.2, 0.25) is 0 Å². The lowest BCUT2D eigenvalue weighted by atomic mass is 10.2. The molecule has 1 heterocycles. The van der Waals surface area contributed by atoms with Crippen LogP contribution in [0.5, 0.6) is 5.75 Å². The van der Waals surface area contributed by atoms with E-state index >= 15 is 0 Å². The Bertz CT molecular complexity index is 555. The summed E-state index contributed by atoms with van der Waals surface area (Å²) in [5.41, 5.74) is 2.20. The van der Waals surface area contributed by atoms with E-state index in [0.29, 0.717) is 19.0 Å². The number of hydrogen-bond acceptors (Lipinski definition) is 5. The van der Waals surface area contributed by atoms with Crippen LogP contribution < -0.4 is 4.74 Å². The molecule has 20 heavy (non-hydrogen) atoms. The van der Waals surface area contributed by atoms with Crippen LogP contribution in [-0.2, 0) is 23.5 Å². The topological polar surface area (TPSA) is 31.4 Å². The third-order valence-electron chi connectivity index (χ3n) is 2.82. The first-order chi connectivity index (χ1) is 9.72. The van der Waals surface area contributed by atoms with Crippen LogP contribution in [0.1, 0.15) is 21.1 Å². The van der Waals surface area contributed by atoms with Gasteiger partial charge in [-0.15, -0.1) is 11.3 Å². The lowest BCUT2D eigenvalue weighted by molar-refractivity contribution is 0.181. The molecular formula is C15H19NO2S2. The van der Waals surface area contributed by atoms with Gasteiger partial charge in [0.05, 0.1) is 23.9 Å². The van der Waals surface area contributed by atoms with Crippen molar-refractivity contribution in [3.63, 3.8) is 0 Å². The van der Waals surface area contributed by atoms with Crippen LogP contribution in [0.25, 0.3) is 0 Å². The van der Waals surface area contributed by atoms with Crippen LogP contribution in [0.2, 0.25) is 0 Å². The second kappa shape index (κ2) is 7.67. The first-order valence-electron chi connectivity index (χ1n) is 6.49. The monoisotopic (exact) mass is 309 g/mol. The van der Waals surface area contributed by atoms with Crippen molar-refractivity contribution in [3.8, 4) is 5.75 Å². The van der Waals surface area contributed by atoms with E-state index in [1.807, 2.05) is 18.2 Å². The van der Waals surface area contributed by atoms with E-state index in [-0.39, 0.29) is 0 Å². The molecule has 0 saturated heterocycles. The zero-order chi connectivity index (χ0) is 14.4. The molecule has 0 saturated carbocycles. The summed E-state index contributed by atoms with van der Waals surface area (Å²) in [5, 5.41) is 1.08. The fourth-order valence-electron chi connectivity index (χ4n) is 1.88. The van der Waals surface area contributed by atoms with Gasteiger partial charge in [-0.1, -0.05) is 12.1 Å². The maximum absolute atomic E-state index is 5.75. The number of aromatic nitrogens is 1. The Morgan fingerprint density at radius 1 is 1.35 bits per heavy atom. The van der Waals surface area contributed by atoms with Crippen molar-refractivity contribution in [2.45, 2.75) is 25.7 Å². The predicted octanol–water partition coefficient (Wildman–Crippen LogP) is 3.65. The first kappa shape index (κ1) is 15.4. The van der Waals surface area contributed by atoms with E-state index in [4.69, 9.17) is 9.47 Å². The maximum atomic E-state index is 5.75. The lowest BCUT2D eigenvalue weighted by Gasteiger charge is -2.05. The molecule has 0 radical (unpaired) electrons. The summed E-state index contributed by atoms with van der Waals surface area (Å²) >= 11 is 6.02. The highest BCUT2D eigenvalue weighted by Crippen LogP contribution is 2.22. The molecule has 0 spiro atoms. The molecule has 0 aliphatic heterocycles. The molecule has 2 aromatic rings. The molecule has 0 bridgehead atoms. The molecular weight excluding hydrogens is 290 g/mol. The zero-order valence-corrected chi connectivity index (χ0v) is 13.5. The highest BCUT2D eigenvalue weighted by atomic mass is 32.1. The van der Waals surface area contributed by atoms with Crippen LogP contribution in [0.4, 0.5) is 0 Å². The molecule has 3 nitrogen and oxygen atoms in total. The van der Waals surface area contributed by atoms with Crippen molar-refractivity contribution in [2.24, 2.45) is 0 Å². The van der Waals surface area contributed by atoms with Gasteiger partial charge in [0.1, 0.15) is 5.75 Å². The Balaban J connectivity index is 1.90. The summed E-state index contributed by atoms with van der Waals surface area (Å²) in [4.78, 5) is 5.77. The van der Waals surface area contributed by atoms with Crippen LogP contribution >= 0.6 is 24.0 Å². The summed E-state index contributed by atoms with van der Waals surface area (Å²) in [7, 11) is 1.68. The number of thiazole rings is 1. The van der Waals surface area contributed by atoms with Crippen molar-refractivity contribution < 1.29 is 9.47 Å². The summed E-state index contributed by atoms with van der Waals surface area (Å²) in [5.74, 6) is 1.61. The SMILES string of the molecule is COCc1nc(CCOc2cccc(C)c2)sc1CS. The zero-order valence-electron chi connectivity index (χ0n) is 11.8. The van der Waals surface area contributed by atoms with Crippen LogP contribution in [0, 0.1) is 6.92 Å². The predicted molar refractivity (Wildman–Crippen MR) is 85.9 cm³/mol. The highest BCUT2D eigenvalue weighted by molar-refractivity contribution is 7.79. The molecule has 0 amide bonds. The molecule has 0 aliphatic carbocycles. The Morgan fingerprint density at radius 2 is 2.20 bits per heavy atom. The van der Waals surface area contributed by atoms with Gasteiger partial charge in [0, 0.05) is 24.2 Å². The van der Waals surface area contributed by atoms with Gasteiger partial charge in [0.15, 0.2) is 0 Å². The van der Waals surface area contributed by atoms with E-state index < -0.39 is 0 Å². The fourth-order valence-corrected chi connectivity index (χ4v) is 3.17. The van der Waals surface area contributed by atoms with E-state index in [9.17, 15) is 0 Å². The maximum Gasteiger partial charge on any atom is 0.119 e.